The molecular weight excluding hydrogens is 310 g/mol. The van der Waals surface area contributed by atoms with E-state index in [0.717, 1.165) is 0 Å². The molecule has 0 N–H and O–H groups in total. The largest absolute Gasteiger partial charge is 0.469 e. The number of alkyl halides is 3. The van der Waals surface area contributed by atoms with Crippen molar-refractivity contribution < 1.29 is 18.3 Å². The van der Waals surface area contributed by atoms with Crippen LogP contribution in [-0.4, -0.2) is 18.1 Å². The molecular formula is C11H9BrF2N2O2. The van der Waals surface area contributed by atoms with Crippen LogP contribution in [0.4, 0.5) is 8.78 Å². The highest BCUT2D eigenvalue weighted by atomic mass is 79.9. The second-order valence-corrected chi connectivity index (χ2v) is 3.89. The first-order valence-electron chi connectivity index (χ1n) is 4.87. The Morgan fingerprint density at radius 2 is 2.33 bits per heavy atom. The molecule has 0 aromatic carbocycles. The van der Waals surface area contributed by atoms with E-state index in [-0.39, 0.29) is 28.6 Å². The summed E-state index contributed by atoms with van der Waals surface area (Å²) in [6.07, 6.45) is -3.07. The number of ether oxygens (including phenoxy) is 1. The molecule has 7 heteroatoms. The minimum absolute atomic E-state index is 0.00403. The fraction of sp³-hybridized carbons (Fsp3) is 0.364. The predicted octanol–water partition coefficient (Wildman–Crippen LogP) is 2.50. The van der Waals surface area contributed by atoms with Crippen LogP contribution < -0.4 is 0 Å². The van der Waals surface area contributed by atoms with Crippen molar-refractivity contribution in [1.29, 1.82) is 5.26 Å². The first-order chi connectivity index (χ1) is 8.53. The van der Waals surface area contributed by atoms with Crippen LogP contribution in [0.15, 0.2) is 6.07 Å². The van der Waals surface area contributed by atoms with E-state index in [1.54, 1.807) is 0 Å². The van der Waals surface area contributed by atoms with E-state index >= 15 is 0 Å². The van der Waals surface area contributed by atoms with E-state index in [1.807, 2.05) is 6.07 Å². The van der Waals surface area contributed by atoms with Crippen molar-refractivity contribution in [3.63, 3.8) is 0 Å². The highest BCUT2D eigenvalue weighted by Crippen LogP contribution is 2.25. The average Bonchev–Trinajstić information content (AvgIpc) is 2.37. The summed E-state index contributed by atoms with van der Waals surface area (Å²) in [5, 5.41) is 9.07. The van der Waals surface area contributed by atoms with Gasteiger partial charge in [0, 0.05) is 5.33 Å². The summed E-state index contributed by atoms with van der Waals surface area (Å²) < 4.78 is 30.0. The van der Waals surface area contributed by atoms with Gasteiger partial charge in [0.2, 0.25) is 0 Å². The lowest BCUT2D eigenvalue weighted by Gasteiger charge is -2.09. The van der Waals surface area contributed by atoms with Crippen LogP contribution in [-0.2, 0) is 21.3 Å². The molecule has 0 spiro atoms. The smallest absolute Gasteiger partial charge is 0.311 e. The summed E-state index contributed by atoms with van der Waals surface area (Å²) in [7, 11) is 1.18. The lowest BCUT2D eigenvalue weighted by atomic mass is 10.1. The number of halogens is 3. The second kappa shape index (κ2) is 6.40. The predicted molar refractivity (Wildman–Crippen MR) is 62.3 cm³/mol. The maximum absolute atomic E-state index is 12.8. The van der Waals surface area contributed by atoms with Gasteiger partial charge in [-0.15, -0.1) is 0 Å². The third kappa shape index (κ3) is 3.23. The number of rotatable bonds is 4. The van der Waals surface area contributed by atoms with Crippen molar-refractivity contribution in [2.75, 3.05) is 7.11 Å². The number of nitriles is 1. The fourth-order valence-electron chi connectivity index (χ4n) is 1.35. The number of aromatic nitrogens is 1. The van der Waals surface area contributed by atoms with Gasteiger partial charge in [-0.3, -0.25) is 4.79 Å². The van der Waals surface area contributed by atoms with Crippen LogP contribution in [0.3, 0.4) is 0 Å². The van der Waals surface area contributed by atoms with Gasteiger partial charge in [0.05, 0.1) is 24.8 Å². The molecule has 0 aliphatic carbocycles. The fourth-order valence-corrected chi connectivity index (χ4v) is 1.79. The molecule has 0 bridgehead atoms. The number of nitrogens with zero attached hydrogens (tertiary/aromatic N) is 2. The van der Waals surface area contributed by atoms with Crippen LogP contribution in [0.1, 0.15) is 28.9 Å². The number of methoxy groups -OCH3 is 1. The molecule has 0 aliphatic rings. The van der Waals surface area contributed by atoms with Crippen molar-refractivity contribution in [2.24, 2.45) is 0 Å². The molecule has 0 saturated heterocycles. The molecule has 4 nitrogen and oxygen atoms in total. The Hall–Kier alpha value is -1.55. The third-order valence-electron chi connectivity index (χ3n) is 2.22. The molecule has 0 atom stereocenters. The van der Waals surface area contributed by atoms with Gasteiger partial charge >= 0.3 is 5.97 Å². The lowest BCUT2D eigenvalue weighted by Crippen LogP contribution is -2.11. The maximum Gasteiger partial charge on any atom is 0.311 e. The average molecular weight is 319 g/mol. The number of carbonyl (C=O) groups excluding carboxylic acids is 1. The molecule has 0 radical (unpaired) electrons. The van der Waals surface area contributed by atoms with E-state index in [2.05, 4.69) is 25.7 Å². The highest BCUT2D eigenvalue weighted by Gasteiger charge is 2.19. The normalized spacial score (nSPS) is 10.2. The standard InChI is InChI=1S/C11H9BrF2N2O2/c1-18-9(17)3-8-7(5-15)2-6(4-12)10(16-8)11(13)14/h2,11H,3-4H2,1H3. The zero-order valence-corrected chi connectivity index (χ0v) is 11.0. The van der Waals surface area contributed by atoms with Crippen molar-refractivity contribution >= 4 is 21.9 Å². The van der Waals surface area contributed by atoms with Crippen molar-refractivity contribution in [3.05, 3.63) is 28.6 Å². The number of hydrogen-bond donors (Lipinski definition) is 0. The molecule has 18 heavy (non-hydrogen) atoms. The second-order valence-electron chi connectivity index (χ2n) is 3.33. The Balaban J connectivity index is 3.28. The molecule has 0 fully saturated rings. The van der Waals surface area contributed by atoms with Crippen molar-refractivity contribution in [3.8, 4) is 6.07 Å². The lowest BCUT2D eigenvalue weighted by molar-refractivity contribution is -0.139. The van der Waals surface area contributed by atoms with Gasteiger partial charge in [-0.05, 0) is 11.6 Å². The molecule has 1 heterocycles. The summed E-state index contributed by atoms with van der Waals surface area (Å²) >= 11 is 3.05. The first-order valence-corrected chi connectivity index (χ1v) is 5.99. The molecule has 96 valence electrons. The Labute approximate surface area is 111 Å². The molecule has 1 rings (SSSR count). The van der Waals surface area contributed by atoms with Crippen LogP contribution in [0.2, 0.25) is 0 Å². The van der Waals surface area contributed by atoms with E-state index in [1.165, 1.54) is 13.2 Å². The number of esters is 1. The van der Waals surface area contributed by atoms with Gasteiger partial charge in [0.15, 0.2) is 0 Å². The monoisotopic (exact) mass is 318 g/mol. The zero-order valence-electron chi connectivity index (χ0n) is 9.41. The van der Waals surface area contributed by atoms with Gasteiger partial charge in [0.1, 0.15) is 11.8 Å². The first kappa shape index (κ1) is 14.5. The molecule has 0 saturated carbocycles. The van der Waals surface area contributed by atoms with Gasteiger partial charge in [-0.1, -0.05) is 15.9 Å². The summed E-state index contributed by atoms with van der Waals surface area (Å²) in [5.41, 5.74) is -0.0939. The summed E-state index contributed by atoms with van der Waals surface area (Å²) in [4.78, 5) is 14.8. The number of carbonyl (C=O) groups is 1. The van der Waals surface area contributed by atoms with Crippen LogP contribution in [0, 0.1) is 11.3 Å². The van der Waals surface area contributed by atoms with E-state index in [0.29, 0.717) is 0 Å². The van der Waals surface area contributed by atoms with Gasteiger partial charge in [-0.25, -0.2) is 13.8 Å². The number of pyridine rings is 1. The van der Waals surface area contributed by atoms with Crippen molar-refractivity contribution in [2.45, 2.75) is 18.2 Å². The van der Waals surface area contributed by atoms with Crippen LogP contribution in [0.25, 0.3) is 0 Å². The molecule has 0 aliphatic heterocycles. The summed E-state index contributed by atoms with van der Waals surface area (Å²) in [6, 6.07) is 3.14. The third-order valence-corrected chi connectivity index (χ3v) is 2.83. The van der Waals surface area contributed by atoms with E-state index in [4.69, 9.17) is 5.26 Å². The van der Waals surface area contributed by atoms with Crippen molar-refractivity contribution in [1.82, 2.24) is 4.98 Å². The SMILES string of the molecule is COC(=O)Cc1nc(C(F)F)c(CBr)cc1C#N. The minimum atomic E-state index is -2.76. The van der Waals surface area contributed by atoms with Crippen LogP contribution >= 0.6 is 15.9 Å². The Kier molecular flexibility index (Phi) is 5.16. The molecule has 0 unspecified atom stereocenters. The van der Waals surface area contributed by atoms with Gasteiger partial charge < -0.3 is 4.74 Å². The quantitative estimate of drug-likeness (QED) is 0.632. The molecule has 1 aromatic rings. The minimum Gasteiger partial charge on any atom is -0.469 e. The Morgan fingerprint density at radius 3 is 2.78 bits per heavy atom. The molecule has 0 amide bonds. The molecule has 1 aromatic heterocycles. The topological polar surface area (TPSA) is 63.0 Å². The summed E-state index contributed by atoms with van der Waals surface area (Å²) in [6.45, 7) is 0. The van der Waals surface area contributed by atoms with E-state index < -0.39 is 18.1 Å². The van der Waals surface area contributed by atoms with Gasteiger partial charge in [0.25, 0.3) is 6.43 Å². The summed E-state index contributed by atoms with van der Waals surface area (Å²) in [5.74, 6) is -0.634. The van der Waals surface area contributed by atoms with E-state index in [9.17, 15) is 13.6 Å². The Morgan fingerprint density at radius 1 is 1.67 bits per heavy atom. The zero-order chi connectivity index (χ0) is 13.7. The number of hydrogen-bond acceptors (Lipinski definition) is 4. The highest BCUT2D eigenvalue weighted by molar-refractivity contribution is 9.08. The van der Waals surface area contributed by atoms with Crippen LogP contribution in [0.5, 0.6) is 0 Å². The maximum atomic E-state index is 12.8. The van der Waals surface area contributed by atoms with Gasteiger partial charge in [-0.2, -0.15) is 5.26 Å². The Bertz CT molecular complexity index is 501.